The lowest BCUT2D eigenvalue weighted by Crippen LogP contribution is -2.15. The van der Waals surface area contributed by atoms with Gasteiger partial charge in [-0.1, -0.05) is 12.1 Å². The molecule has 1 saturated carbocycles. The highest BCUT2D eigenvalue weighted by Gasteiger charge is 2.47. The molecule has 1 fully saturated rings. The first-order valence-electron chi connectivity index (χ1n) is 6.24. The summed E-state index contributed by atoms with van der Waals surface area (Å²) in [6, 6.07) is 7.40. The highest BCUT2D eigenvalue weighted by atomic mass is 16.5. The number of benzene rings is 1. The van der Waals surface area contributed by atoms with Crippen LogP contribution in [0.15, 0.2) is 24.3 Å². The molecule has 4 heteroatoms. The van der Waals surface area contributed by atoms with Crippen molar-refractivity contribution in [2.45, 2.75) is 32.4 Å². The van der Waals surface area contributed by atoms with E-state index in [1.54, 1.807) is 0 Å². The minimum atomic E-state index is -0.741. The molecule has 0 aromatic heterocycles. The summed E-state index contributed by atoms with van der Waals surface area (Å²) in [7, 11) is 0. The normalized spacial score (nSPS) is 23.8. The minimum Gasteiger partial charge on any atom is -0.491 e. The highest BCUT2D eigenvalue weighted by Crippen LogP contribution is 2.46. The van der Waals surface area contributed by atoms with Crippen LogP contribution in [0.25, 0.3) is 0 Å². The Morgan fingerprint density at radius 3 is 2.44 bits per heavy atom. The predicted molar refractivity (Wildman–Crippen MR) is 68.4 cm³/mol. The lowest BCUT2D eigenvalue weighted by Gasteiger charge is -2.13. The number of hydrogen-bond acceptors (Lipinski definition) is 3. The molecule has 3 atom stereocenters. The van der Waals surface area contributed by atoms with Gasteiger partial charge in [0, 0.05) is 6.04 Å². The van der Waals surface area contributed by atoms with E-state index in [0.29, 0.717) is 6.42 Å². The van der Waals surface area contributed by atoms with E-state index in [1.165, 1.54) is 0 Å². The van der Waals surface area contributed by atoms with Gasteiger partial charge in [0.2, 0.25) is 0 Å². The van der Waals surface area contributed by atoms with Gasteiger partial charge in [-0.05, 0) is 43.9 Å². The SMILES string of the molecule is CC(C)Oc1ccc(C(N)C2CC2C(=O)O)cc1. The lowest BCUT2D eigenvalue weighted by atomic mass is 10.0. The number of hydrogen-bond donors (Lipinski definition) is 2. The van der Waals surface area contributed by atoms with Crippen molar-refractivity contribution in [1.29, 1.82) is 0 Å². The third kappa shape index (κ3) is 2.82. The van der Waals surface area contributed by atoms with Crippen LogP contribution >= 0.6 is 0 Å². The van der Waals surface area contributed by atoms with E-state index < -0.39 is 5.97 Å². The summed E-state index contributed by atoms with van der Waals surface area (Å²) in [5.41, 5.74) is 7.05. The summed E-state index contributed by atoms with van der Waals surface area (Å²) in [5.74, 6) is -0.132. The molecule has 0 saturated heterocycles. The van der Waals surface area contributed by atoms with E-state index in [9.17, 15) is 4.79 Å². The number of carboxylic acids is 1. The van der Waals surface area contributed by atoms with Crippen LogP contribution in [0.4, 0.5) is 0 Å². The number of ether oxygens (including phenoxy) is 1. The van der Waals surface area contributed by atoms with Crippen LogP contribution in [-0.4, -0.2) is 17.2 Å². The quantitative estimate of drug-likeness (QED) is 0.839. The summed E-state index contributed by atoms with van der Waals surface area (Å²) in [6.07, 6.45) is 0.824. The molecule has 0 spiro atoms. The molecule has 1 aromatic carbocycles. The minimum absolute atomic E-state index is 0.0689. The van der Waals surface area contributed by atoms with Crippen LogP contribution in [0.2, 0.25) is 0 Å². The standard InChI is InChI=1S/C14H19NO3/c1-8(2)18-10-5-3-9(4-6-10)13(15)11-7-12(11)14(16)17/h3-6,8,11-13H,7,15H2,1-2H3,(H,16,17). The highest BCUT2D eigenvalue weighted by molar-refractivity contribution is 5.73. The van der Waals surface area contributed by atoms with E-state index in [4.69, 9.17) is 15.6 Å². The van der Waals surface area contributed by atoms with Gasteiger partial charge in [-0.15, -0.1) is 0 Å². The Morgan fingerprint density at radius 1 is 1.39 bits per heavy atom. The first-order chi connectivity index (χ1) is 8.49. The van der Waals surface area contributed by atoms with Crippen LogP contribution in [0.5, 0.6) is 5.75 Å². The second kappa shape index (κ2) is 4.98. The number of aliphatic carboxylic acids is 1. The van der Waals surface area contributed by atoms with Crippen molar-refractivity contribution in [3.63, 3.8) is 0 Å². The Kier molecular flexibility index (Phi) is 3.57. The van der Waals surface area contributed by atoms with Gasteiger partial charge >= 0.3 is 5.97 Å². The van der Waals surface area contributed by atoms with E-state index in [0.717, 1.165) is 11.3 Å². The van der Waals surface area contributed by atoms with Crippen LogP contribution in [0, 0.1) is 11.8 Å². The van der Waals surface area contributed by atoms with Crippen LogP contribution in [0.1, 0.15) is 31.9 Å². The molecule has 0 heterocycles. The first-order valence-corrected chi connectivity index (χ1v) is 6.24. The van der Waals surface area contributed by atoms with Crippen LogP contribution < -0.4 is 10.5 Å². The van der Waals surface area contributed by atoms with E-state index in [2.05, 4.69) is 0 Å². The van der Waals surface area contributed by atoms with Crippen LogP contribution in [0.3, 0.4) is 0 Å². The van der Waals surface area contributed by atoms with Crippen molar-refractivity contribution >= 4 is 5.97 Å². The summed E-state index contributed by atoms with van der Waals surface area (Å²) < 4.78 is 5.55. The van der Waals surface area contributed by atoms with Crippen molar-refractivity contribution in [3.05, 3.63) is 29.8 Å². The summed E-state index contributed by atoms with van der Waals surface area (Å²) in [6.45, 7) is 3.95. The zero-order valence-corrected chi connectivity index (χ0v) is 10.7. The second-order valence-corrected chi connectivity index (χ2v) is 5.11. The molecular formula is C14H19NO3. The maximum Gasteiger partial charge on any atom is 0.306 e. The number of nitrogens with two attached hydrogens (primary N) is 1. The van der Waals surface area contributed by atoms with Crippen molar-refractivity contribution in [1.82, 2.24) is 0 Å². The smallest absolute Gasteiger partial charge is 0.306 e. The maximum atomic E-state index is 10.8. The Balaban J connectivity index is 1.99. The molecule has 3 N–H and O–H groups in total. The molecule has 1 aromatic rings. The fourth-order valence-corrected chi connectivity index (χ4v) is 2.18. The molecule has 2 rings (SSSR count). The third-order valence-corrected chi connectivity index (χ3v) is 3.26. The molecule has 3 unspecified atom stereocenters. The second-order valence-electron chi connectivity index (χ2n) is 5.11. The van der Waals surface area contributed by atoms with Crippen molar-refractivity contribution in [2.24, 2.45) is 17.6 Å². The van der Waals surface area contributed by atoms with E-state index in [-0.39, 0.29) is 24.0 Å². The zero-order chi connectivity index (χ0) is 13.3. The fraction of sp³-hybridized carbons (Fsp3) is 0.500. The Morgan fingerprint density at radius 2 is 2.00 bits per heavy atom. The molecule has 0 aliphatic heterocycles. The third-order valence-electron chi connectivity index (χ3n) is 3.26. The largest absolute Gasteiger partial charge is 0.491 e. The van der Waals surface area contributed by atoms with Gasteiger partial charge in [-0.25, -0.2) is 0 Å². The molecule has 1 aliphatic rings. The van der Waals surface area contributed by atoms with Gasteiger partial charge in [-0.2, -0.15) is 0 Å². The average molecular weight is 249 g/mol. The van der Waals surface area contributed by atoms with Gasteiger partial charge < -0.3 is 15.6 Å². The van der Waals surface area contributed by atoms with Crippen molar-refractivity contribution in [3.8, 4) is 5.75 Å². The maximum absolute atomic E-state index is 10.8. The first kappa shape index (κ1) is 12.9. The summed E-state index contributed by atoms with van der Waals surface area (Å²) in [4.78, 5) is 10.8. The van der Waals surface area contributed by atoms with E-state index >= 15 is 0 Å². The topological polar surface area (TPSA) is 72.5 Å². The summed E-state index contributed by atoms with van der Waals surface area (Å²) >= 11 is 0. The fourth-order valence-electron chi connectivity index (χ4n) is 2.18. The summed E-state index contributed by atoms with van der Waals surface area (Å²) in [5, 5.41) is 8.89. The monoisotopic (exact) mass is 249 g/mol. The molecular weight excluding hydrogens is 230 g/mol. The Labute approximate surface area is 107 Å². The van der Waals surface area contributed by atoms with Gasteiger partial charge in [0.25, 0.3) is 0 Å². The molecule has 0 bridgehead atoms. The predicted octanol–water partition coefficient (Wildman–Crippen LogP) is 2.19. The molecule has 18 heavy (non-hydrogen) atoms. The van der Waals surface area contributed by atoms with Gasteiger partial charge in [0.1, 0.15) is 5.75 Å². The average Bonchev–Trinajstić information content (AvgIpc) is 3.08. The van der Waals surface area contributed by atoms with E-state index in [1.807, 2.05) is 38.1 Å². The number of rotatable bonds is 5. The van der Waals surface area contributed by atoms with Crippen LogP contribution in [-0.2, 0) is 4.79 Å². The molecule has 98 valence electrons. The Bertz CT molecular complexity index is 427. The number of carboxylic acid groups (broad SMARTS) is 1. The van der Waals surface area contributed by atoms with Crippen molar-refractivity contribution in [2.75, 3.05) is 0 Å². The van der Waals surface area contributed by atoms with Gasteiger partial charge in [-0.3, -0.25) is 4.79 Å². The molecule has 4 nitrogen and oxygen atoms in total. The Hall–Kier alpha value is -1.55. The lowest BCUT2D eigenvalue weighted by molar-refractivity contribution is -0.138. The molecule has 0 radical (unpaired) electrons. The molecule has 1 aliphatic carbocycles. The zero-order valence-electron chi connectivity index (χ0n) is 10.7. The molecule has 0 amide bonds. The number of carbonyl (C=O) groups is 1. The van der Waals surface area contributed by atoms with Gasteiger partial charge in [0.15, 0.2) is 0 Å². The van der Waals surface area contributed by atoms with Gasteiger partial charge in [0.05, 0.1) is 12.0 Å². The van der Waals surface area contributed by atoms with Crippen molar-refractivity contribution < 1.29 is 14.6 Å².